The number of aromatic nitrogens is 3. The summed E-state index contributed by atoms with van der Waals surface area (Å²) < 4.78 is 53.8. The van der Waals surface area contributed by atoms with Crippen molar-refractivity contribution in [3.63, 3.8) is 0 Å². The molecule has 1 saturated heterocycles. The Morgan fingerprint density at radius 3 is 2.53 bits per heavy atom. The smallest absolute Gasteiger partial charge is 0.355 e. The molecular weight excluding hydrogens is 474 g/mol. The molecule has 0 unspecified atom stereocenters. The normalized spacial score (nSPS) is 14.8. The molecule has 6 nitrogen and oxygen atoms in total. The van der Waals surface area contributed by atoms with Crippen LogP contribution in [0.4, 0.5) is 23.4 Å². The van der Waals surface area contributed by atoms with Gasteiger partial charge in [0.2, 0.25) is 5.91 Å². The van der Waals surface area contributed by atoms with Crippen LogP contribution in [0.3, 0.4) is 0 Å². The summed E-state index contributed by atoms with van der Waals surface area (Å²) in [6, 6.07) is 13.0. The fourth-order valence-corrected chi connectivity index (χ4v) is 4.46. The van der Waals surface area contributed by atoms with Gasteiger partial charge in [-0.05, 0) is 60.9 Å². The molecule has 4 aromatic rings. The largest absolute Gasteiger partial charge is 0.416 e. The Morgan fingerprint density at radius 1 is 1.06 bits per heavy atom. The number of fused-ring (bicyclic) bond motifs is 1. The fraction of sp³-hybridized carbons (Fsp3) is 0.269. The van der Waals surface area contributed by atoms with Crippen molar-refractivity contribution in [2.75, 3.05) is 18.0 Å². The van der Waals surface area contributed by atoms with Gasteiger partial charge in [0.15, 0.2) is 5.82 Å². The van der Waals surface area contributed by atoms with Crippen LogP contribution in [0.15, 0.2) is 67.0 Å². The summed E-state index contributed by atoms with van der Waals surface area (Å²) in [7, 11) is 0. The molecular formula is C26H23F4N5O. The second kappa shape index (κ2) is 9.60. The van der Waals surface area contributed by atoms with Gasteiger partial charge < -0.3 is 10.2 Å². The van der Waals surface area contributed by atoms with E-state index in [1.165, 1.54) is 18.2 Å². The third-order valence-corrected chi connectivity index (χ3v) is 6.40. The molecule has 0 atom stereocenters. The fourth-order valence-electron chi connectivity index (χ4n) is 4.46. The Bertz CT molecular complexity index is 1380. The summed E-state index contributed by atoms with van der Waals surface area (Å²) in [4.78, 5) is 19.3. The van der Waals surface area contributed by atoms with E-state index >= 15 is 0 Å². The van der Waals surface area contributed by atoms with Gasteiger partial charge in [0.25, 0.3) is 0 Å². The molecule has 3 heterocycles. The van der Waals surface area contributed by atoms with Crippen LogP contribution >= 0.6 is 0 Å². The number of piperidine rings is 1. The molecule has 36 heavy (non-hydrogen) atoms. The highest BCUT2D eigenvalue weighted by Gasteiger charge is 2.31. The number of carbonyl (C=O) groups excluding carboxylic acids is 1. The molecule has 0 spiro atoms. The molecule has 1 N–H and O–H groups in total. The van der Waals surface area contributed by atoms with Crippen molar-refractivity contribution in [3.8, 4) is 11.3 Å². The van der Waals surface area contributed by atoms with Crippen molar-refractivity contribution in [3.05, 3.63) is 83.9 Å². The number of nitrogens with zero attached hydrogens (tertiary/aromatic N) is 4. The van der Waals surface area contributed by atoms with Crippen LogP contribution in [0.25, 0.3) is 16.8 Å². The number of rotatable bonds is 5. The van der Waals surface area contributed by atoms with Crippen LogP contribution in [0.1, 0.15) is 24.0 Å². The summed E-state index contributed by atoms with van der Waals surface area (Å²) in [6.07, 6.45) is 0.183. The first-order valence-electron chi connectivity index (χ1n) is 11.6. The third kappa shape index (κ3) is 5.02. The predicted octanol–water partition coefficient (Wildman–Crippen LogP) is 5.09. The number of alkyl halides is 3. The Hall–Kier alpha value is -3.95. The van der Waals surface area contributed by atoms with Gasteiger partial charge in [0.05, 0.1) is 11.3 Å². The summed E-state index contributed by atoms with van der Waals surface area (Å²) in [5, 5.41) is 7.35. The molecule has 2 aromatic heterocycles. The number of carbonyl (C=O) groups is 1. The number of nitrogens with one attached hydrogen (secondary N) is 1. The van der Waals surface area contributed by atoms with Crippen molar-refractivity contribution in [2.45, 2.75) is 25.6 Å². The van der Waals surface area contributed by atoms with Gasteiger partial charge in [-0.25, -0.2) is 13.9 Å². The lowest BCUT2D eigenvalue weighted by atomic mass is 9.95. The lowest BCUT2D eigenvalue weighted by Crippen LogP contribution is -2.40. The molecule has 0 radical (unpaired) electrons. The first-order chi connectivity index (χ1) is 17.3. The highest BCUT2D eigenvalue weighted by Crippen LogP contribution is 2.30. The number of hydrogen-bond donors (Lipinski definition) is 1. The van der Waals surface area contributed by atoms with E-state index in [2.05, 4.69) is 20.3 Å². The predicted molar refractivity (Wildman–Crippen MR) is 127 cm³/mol. The van der Waals surface area contributed by atoms with Crippen molar-refractivity contribution in [1.29, 1.82) is 0 Å². The minimum absolute atomic E-state index is 0.0474. The van der Waals surface area contributed by atoms with E-state index in [0.717, 1.165) is 29.0 Å². The molecule has 0 aliphatic carbocycles. The Balaban J connectivity index is 1.22. The van der Waals surface area contributed by atoms with Gasteiger partial charge in [-0.15, -0.1) is 0 Å². The highest BCUT2D eigenvalue weighted by molar-refractivity contribution is 5.79. The monoisotopic (exact) mass is 497 g/mol. The average Bonchev–Trinajstić information content (AvgIpc) is 3.32. The molecule has 10 heteroatoms. The van der Waals surface area contributed by atoms with Gasteiger partial charge in [-0.1, -0.05) is 12.1 Å². The maximum absolute atomic E-state index is 13.3. The first-order valence-corrected chi connectivity index (χ1v) is 11.6. The van der Waals surface area contributed by atoms with Crippen molar-refractivity contribution >= 4 is 17.2 Å². The molecule has 1 fully saturated rings. The van der Waals surface area contributed by atoms with Crippen LogP contribution < -0.4 is 10.2 Å². The molecule has 0 saturated carbocycles. The minimum Gasteiger partial charge on any atom is -0.355 e. The summed E-state index contributed by atoms with van der Waals surface area (Å²) in [5.41, 5.74) is 1.98. The van der Waals surface area contributed by atoms with Crippen molar-refractivity contribution in [1.82, 2.24) is 19.9 Å². The van der Waals surface area contributed by atoms with Gasteiger partial charge in [0.1, 0.15) is 11.3 Å². The van der Waals surface area contributed by atoms with E-state index in [-0.39, 0.29) is 24.2 Å². The molecule has 2 aromatic carbocycles. The summed E-state index contributed by atoms with van der Waals surface area (Å²) in [6.45, 7) is 1.25. The van der Waals surface area contributed by atoms with Gasteiger partial charge >= 0.3 is 6.18 Å². The van der Waals surface area contributed by atoms with E-state index in [9.17, 15) is 22.4 Å². The Morgan fingerprint density at radius 2 is 1.81 bits per heavy atom. The number of anilines is 1. The van der Waals surface area contributed by atoms with Crippen molar-refractivity contribution in [2.24, 2.45) is 5.92 Å². The number of hydrogen-bond acceptors (Lipinski definition) is 4. The van der Waals surface area contributed by atoms with Crippen molar-refractivity contribution < 1.29 is 22.4 Å². The second-order valence-electron chi connectivity index (χ2n) is 8.79. The van der Waals surface area contributed by atoms with E-state index in [1.54, 1.807) is 35.1 Å². The maximum atomic E-state index is 13.3. The van der Waals surface area contributed by atoms with Crippen LogP contribution in [0.2, 0.25) is 0 Å². The third-order valence-electron chi connectivity index (χ3n) is 6.40. The lowest BCUT2D eigenvalue weighted by Gasteiger charge is -2.32. The van der Waals surface area contributed by atoms with E-state index in [1.807, 2.05) is 6.07 Å². The SMILES string of the molecule is O=C(NCc1cccc(C(F)(F)F)c1)C1CCN(c2nccn3nc(-c4ccc(F)cc4)cc23)CC1. The molecule has 1 aliphatic heterocycles. The van der Waals surface area contributed by atoms with Gasteiger partial charge in [-0.2, -0.15) is 18.3 Å². The van der Waals surface area contributed by atoms with Crippen LogP contribution in [-0.4, -0.2) is 33.6 Å². The van der Waals surface area contributed by atoms with Crippen LogP contribution in [-0.2, 0) is 17.5 Å². The number of amides is 1. The Labute approximate surface area is 204 Å². The average molecular weight is 497 g/mol. The molecule has 1 aliphatic rings. The molecule has 1 amide bonds. The topological polar surface area (TPSA) is 62.5 Å². The second-order valence-corrected chi connectivity index (χ2v) is 8.79. The van der Waals surface area contributed by atoms with E-state index in [4.69, 9.17) is 0 Å². The lowest BCUT2D eigenvalue weighted by molar-refractivity contribution is -0.137. The first kappa shape index (κ1) is 23.8. The standard InChI is InChI=1S/C26H23F4N5O/c27-21-6-4-18(5-7-21)22-15-23-24(31-10-13-35(23)33-22)34-11-8-19(9-12-34)25(36)32-16-17-2-1-3-20(14-17)26(28,29)30/h1-7,10,13-15,19H,8-9,11-12,16H2,(H,32,36). The maximum Gasteiger partial charge on any atom is 0.416 e. The van der Waals surface area contributed by atoms with Crippen LogP contribution in [0.5, 0.6) is 0 Å². The summed E-state index contributed by atoms with van der Waals surface area (Å²) in [5.74, 6) is 0.0421. The molecule has 0 bridgehead atoms. The zero-order valence-corrected chi connectivity index (χ0v) is 19.2. The number of benzene rings is 2. The molecule has 5 rings (SSSR count). The van der Waals surface area contributed by atoms with Gasteiger partial charge in [-0.3, -0.25) is 4.79 Å². The zero-order chi connectivity index (χ0) is 25.3. The number of halogens is 4. The van der Waals surface area contributed by atoms with E-state index < -0.39 is 11.7 Å². The summed E-state index contributed by atoms with van der Waals surface area (Å²) >= 11 is 0. The zero-order valence-electron chi connectivity index (χ0n) is 19.2. The molecule has 186 valence electrons. The van der Waals surface area contributed by atoms with Crippen LogP contribution in [0, 0.1) is 11.7 Å². The van der Waals surface area contributed by atoms with Gasteiger partial charge in [0, 0.05) is 43.5 Å². The minimum atomic E-state index is -4.42. The highest BCUT2D eigenvalue weighted by atomic mass is 19.4. The Kier molecular flexibility index (Phi) is 6.34. The van der Waals surface area contributed by atoms with E-state index in [0.29, 0.717) is 37.2 Å². The quantitative estimate of drug-likeness (QED) is 0.391.